The van der Waals surface area contributed by atoms with Crippen molar-refractivity contribution in [3.8, 4) is 0 Å². The van der Waals surface area contributed by atoms with Gasteiger partial charge in [0, 0.05) is 18.3 Å². The van der Waals surface area contributed by atoms with E-state index in [0.717, 1.165) is 12.8 Å². The summed E-state index contributed by atoms with van der Waals surface area (Å²) < 4.78 is 22.9. The summed E-state index contributed by atoms with van der Waals surface area (Å²) in [4.78, 5) is 51.3. The van der Waals surface area contributed by atoms with E-state index in [-0.39, 0.29) is 42.0 Å². The summed E-state index contributed by atoms with van der Waals surface area (Å²) in [6.45, 7) is 5.58. The third-order valence-electron chi connectivity index (χ3n) is 9.25. The van der Waals surface area contributed by atoms with Gasteiger partial charge in [0.2, 0.25) is 0 Å². The van der Waals surface area contributed by atoms with Gasteiger partial charge in [-0.25, -0.2) is 0 Å². The second-order valence-electron chi connectivity index (χ2n) is 11.1. The number of carbonyl (C=O) groups excluding carboxylic acids is 4. The van der Waals surface area contributed by atoms with Crippen LogP contribution in [0.3, 0.4) is 0 Å². The van der Waals surface area contributed by atoms with Crippen molar-refractivity contribution in [2.45, 2.75) is 77.3 Å². The van der Waals surface area contributed by atoms with Crippen LogP contribution in [0, 0.1) is 40.4 Å². The Hall–Kier alpha value is -2.12. The predicted octanol–water partition coefficient (Wildman–Crippen LogP) is 2.13. The van der Waals surface area contributed by atoms with E-state index in [0.29, 0.717) is 25.2 Å². The predicted molar refractivity (Wildman–Crippen MR) is 102 cm³/mol. The van der Waals surface area contributed by atoms with E-state index < -0.39 is 40.8 Å². The Kier molecular flexibility index (Phi) is 3.67. The minimum atomic E-state index is -1.38. The lowest BCUT2D eigenvalue weighted by Crippen LogP contribution is -2.50. The van der Waals surface area contributed by atoms with Crippen molar-refractivity contribution in [3.63, 3.8) is 0 Å². The fourth-order valence-electron chi connectivity index (χ4n) is 7.22. The molecule has 0 aromatic carbocycles. The molecule has 0 N–H and O–H groups in total. The summed E-state index contributed by atoms with van der Waals surface area (Å²) in [5, 5.41) is 0. The highest BCUT2D eigenvalue weighted by Gasteiger charge is 2.77. The van der Waals surface area contributed by atoms with Gasteiger partial charge in [-0.2, -0.15) is 0 Å². The molecule has 4 aliphatic carbocycles. The number of carbonyl (C=O) groups is 4. The lowest BCUT2D eigenvalue weighted by atomic mass is 9.73. The zero-order chi connectivity index (χ0) is 21.9. The van der Waals surface area contributed by atoms with Crippen LogP contribution in [0.2, 0.25) is 0 Å². The van der Waals surface area contributed by atoms with Crippen LogP contribution in [0.5, 0.6) is 0 Å². The molecule has 6 fully saturated rings. The molecule has 8 heteroatoms. The lowest BCUT2D eigenvalue weighted by Gasteiger charge is -2.35. The summed E-state index contributed by atoms with van der Waals surface area (Å²) >= 11 is 0. The highest BCUT2D eigenvalue weighted by molar-refractivity contribution is 6.03. The molecule has 0 radical (unpaired) electrons. The molecule has 6 rings (SSSR count). The Morgan fingerprint density at radius 1 is 1.13 bits per heavy atom. The summed E-state index contributed by atoms with van der Waals surface area (Å²) in [5.41, 5.74) is -2.00. The van der Waals surface area contributed by atoms with Crippen LogP contribution < -0.4 is 0 Å². The normalized spacial score (nSPS) is 48.2. The highest BCUT2D eigenvalue weighted by Crippen LogP contribution is 2.65. The van der Waals surface area contributed by atoms with Crippen molar-refractivity contribution in [1.29, 1.82) is 0 Å². The number of ether oxygens (including phenoxy) is 4. The molecule has 4 saturated carbocycles. The lowest BCUT2D eigenvalue weighted by molar-refractivity contribution is -0.231. The van der Waals surface area contributed by atoms with Gasteiger partial charge >= 0.3 is 23.9 Å². The van der Waals surface area contributed by atoms with Crippen LogP contribution in [0.1, 0.15) is 59.3 Å². The van der Waals surface area contributed by atoms with E-state index >= 15 is 0 Å². The molecule has 2 heterocycles. The van der Waals surface area contributed by atoms with Crippen LogP contribution >= 0.6 is 0 Å². The minimum Gasteiger partial charge on any atom is -0.458 e. The molecule has 6 aliphatic rings. The van der Waals surface area contributed by atoms with Crippen molar-refractivity contribution in [3.05, 3.63) is 0 Å². The first-order valence-corrected chi connectivity index (χ1v) is 11.5. The molecule has 2 saturated heterocycles. The molecular formula is C23H28O8. The summed E-state index contributed by atoms with van der Waals surface area (Å²) in [5.74, 6) is -3.52. The average molecular weight is 432 g/mol. The molecule has 0 amide bonds. The van der Waals surface area contributed by atoms with E-state index in [4.69, 9.17) is 18.9 Å². The standard InChI is InChI=1S/C23H28O8/c1-4-21(2,3)18(25)28-15-11-7-14-16(15)29-19(26)22(14,9-11)20(27)31-23-8-10-5-12(13(23)6-10)17(24)30-23/h10-16H,4-9H2,1-3H3. The zero-order valence-electron chi connectivity index (χ0n) is 18.1. The molecule has 0 aromatic rings. The van der Waals surface area contributed by atoms with Crippen LogP contribution in [-0.2, 0) is 38.1 Å². The largest absolute Gasteiger partial charge is 0.458 e. The number of hydrogen-bond donors (Lipinski definition) is 0. The van der Waals surface area contributed by atoms with Crippen molar-refractivity contribution in [2.75, 3.05) is 0 Å². The quantitative estimate of drug-likeness (QED) is 0.370. The molecule has 8 nitrogen and oxygen atoms in total. The van der Waals surface area contributed by atoms with Gasteiger partial charge in [-0.05, 0) is 51.9 Å². The fraction of sp³-hybridized carbons (Fsp3) is 0.826. The first-order valence-electron chi connectivity index (χ1n) is 11.5. The second kappa shape index (κ2) is 5.81. The van der Waals surface area contributed by atoms with E-state index in [2.05, 4.69) is 0 Å². The maximum Gasteiger partial charge on any atom is 0.327 e. The maximum atomic E-state index is 13.5. The molecular weight excluding hydrogens is 404 g/mol. The van der Waals surface area contributed by atoms with E-state index in [9.17, 15) is 19.2 Å². The van der Waals surface area contributed by atoms with Crippen molar-refractivity contribution < 1.29 is 38.1 Å². The van der Waals surface area contributed by atoms with Gasteiger partial charge in [-0.15, -0.1) is 0 Å². The SMILES string of the molecule is CCC(C)(C)C(=O)OC1C2CC3C1OC(=O)C3(C(=O)OC13CC4CC(C(=O)O1)C3C4)C2. The summed E-state index contributed by atoms with van der Waals surface area (Å²) in [7, 11) is 0. The Labute approximate surface area is 180 Å². The molecule has 2 aliphatic heterocycles. The first-order chi connectivity index (χ1) is 14.6. The molecule has 0 spiro atoms. The number of rotatable bonds is 5. The van der Waals surface area contributed by atoms with Gasteiger partial charge in [0.15, 0.2) is 5.41 Å². The maximum absolute atomic E-state index is 13.5. The first kappa shape index (κ1) is 19.6. The molecule has 0 aromatic heterocycles. The summed E-state index contributed by atoms with van der Waals surface area (Å²) in [6.07, 6.45) is 2.45. The van der Waals surface area contributed by atoms with Crippen molar-refractivity contribution in [2.24, 2.45) is 40.4 Å². The van der Waals surface area contributed by atoms with E-state index in [1.54, 1.807) is 0 Å². The zero-order valence-corrected chi connectivity index (χ0v) is 18.1. The molecule has 4 bridgehead atoms. The van der Waals surface area contributed by atoms with Gasteiger partial charge in [0.25, 0.3) is 5.79 Å². The molecule has 9 atom stereocenters. The Morgan fingerprint density at radius 3 is 2.61 bits per heavy atom. The Balaban J connectivity index is 1.23. The Morgan fingerprint density at radius 2 is 1.90 bits per heavy atom. The van der Waals surface area contributed by atoms with Crippen LogP contribution in [0.4, 0.5) is 0 Å². The number of esters is 4. The van der Waals surface area contributed by atoms with Gasteiger partial charge in [-0.1, -0.05) is 6.92 Å². The van der Waals surface area contributed by atoms with Gasteiger partial charge in [0.1, 0.15) is 12.2 Å². The number of hydrogen-bond acceptors (Lipinski definition) is 8. The van der Waals surface area contributed by atoms with Crippen molar-refractivity contribution >= 4 is 23.9 Å². The Bertz CT molecular complexity index is 909. The monoisotopic (exact) mass is 432 g/mol. The fourth-order valence-corrected chi connectivity index (χ4v) is 7.22. The van der Waals surface area contributed by atoms with Crippen LogP contribution in [0.25, 0.3) is 0 Å². The summed E-state index contributed by atoms with van der Waals surface area (Å²) in [6, 6.07) is 0. The smallest absolute Gasteiger partial charge is 0.327 e. The molecule has 9 unspecified atom stereocenters. The second-order valence-corrected chi connectivity index (χ2v) is 11.1. The third kappa shape index (κ3) is 2.26. The average Bonchev–Trinajstić information content (AvgIpc) is 3.49. The van der Waals surface area contributed by atoms with Gasteiger partial charge < -0.3 is 18.9 Å². The van der Waals surface area contributed by atoms with E-state index in [1.165, 1.54) is 0 Å². The third-order valence-corrected chi connectivity index (χ3v) is 9.25. The van der Waals surface area contributed by atoms with Crippen LogP contribution in [0.15, 0.2) is 0 Å². The van der Waals surface area contributed by atoms with E-state index in [1.807, 2.05) is 20.8 Å². The highest BCUT2D eigenvalue weighted by atomic mass is 16.7. The van der Waals surface area contributed by atoms with Gasteiger partial charge in [0.05, 0.1) is 17.3 Å². The molecule has 31 heavy (non-hydrogen) atoms. The minimum absolute atomic E-state index is 0.109. The molecule has 168 valence electrons. The van der Waals surface area contributed by atoms with Crippen LogP contribution in [-0.4, -0.2) is 41.9 Å². The van der Waals surface area contributed by atoms with Crippen molar-refractivity contribution in [1.82, 2.24) is 0 Å². The van der Waals surface area contributed by atoms with Gasteiger partial charge in [-0.3, -0.25) is 19.2 Å². The number of fused-ring (bicyclic) bond motifs is 2. The topological polar surface area (TPSA) is 105 Å².